The average molecular weight is 281 g/mol. The van der Waals surface area contributed by atoms with Gasteiger partial charge in [0, 0.05) is 6.20 Å². The minimum Gasteiger partial charge on any atom is -0.494 e. The van der Waals surface area contributed by atoms with Crippen molar-refractivity contribution in [1.29, 1.82) is 0 Å². The number of pyridine rings is 1. The quantitative estimate of drug-likeness (QED) is 0.793. The van der Waals surface area contributed by atoms with Crippen LogP contribution in [0.15, 0.2) is 53.2 Å². The van der Waals surface area contributed by atoms with E-state index in [0.717, 1.165) is 22.6 Å². The van der Waals surface area contributed by atoms with Crippen LogP contribution in [0.4, 0.5) is 5.88 Å². The molecule has 5 nitrogen and oxygen atoms in total. The van der Waals surface area contributed by atoms with Crippen LogP contribution >= 0.6 is 0 Å². The van der Waals surface area contributed by atoms with Gasteiger partial charge in [0.05, 0.1) is 17.9 Å². The monoisotopic (exact) mass is 281 g/mol. The highest BCUT2D eigenvalue weighted by Gasteiger charge is 2.18. The van der Waals surface area contributed by atoms with Crippen LogP contribution in [0, 0.1) is 0 Å². The number of anilines is 1. The number of nitrogens with zero attached hydrogens (tertiary/aromatic N) is 2. The summed E-state index contributed by atoms with van der Waals surface area (Å²) in [5.41, 5.74) is 8.94. The molecule has 106 valence electrons. The van der Waals surface area contributed by atoms with E-state index in [2.05, 4.69) is 10.1 Å². The molecule has 0 saturated carbocycles. The third-order valence-electron chi connectivity index (χ3n) is 3.08. The molecule has 0 radical (unpaired) electrons. The van der Waals surface area contributed by atoms with E-state index in [-0.39, 0.29) is 5.88 Å². The van der Waals surface area contributed by atoms with Gasteiger partial charge in [0.2, 0.25) is 5.88 Å². The SMILES string of the molecule is CCOc1ccc(-c2c(-c3ccccn3)noc2N)cc1. The van der Waals surface area contributed by atoms with Crippen molar-refractivity contribution in [3.63, 3.8) is 0 Å². The molecule has 2 heterocycles. The molecule has 0 spiro atoms. The van der Waals surface area contributed by atoms with Gasteiger partial charge >= 0.3 is 0 Å². The van der Waals surface area contributed by atoms with Crippen LogP contribution in [0.25, 0.3) is 22.5 Å². The summed E-state index contributed by atoms with van der Waals surface area (Å²) in [5.74, 6) is 1.09. The van der Waals surface area contributed by atoms with Gasteiger partial charge in [-0.2, -0.15) is 0 Å². The summed E-state index contributed by atoms with van der Waals surface area (Å²) in [6, 6.07) is 13.3. The lowest BCUT2D eigenvalue weighted by atomic mass is 10.0. The Morgan fingerprint density at radius 3 is 2.62 bits per heavy atom. The lowest BCUT2D eigenvalue weighted by Crippen LogP contribution is -1.92. The van der Waals surface area contributed by atoms with Crippen molar-refractivity contribution in [1.82, 2.24) is 10.1 Å². The van der Waals surface area contributed by atoms with Gasteiger partial charge in [0.25, 0.3) is 0 Å². The molecule has 2 aromatic heterocycles. The van der Waals surface area contributed by atoms with Crippen molar-refractivity contribution in [2.24, 2.45) is 0 Å². The zero-order valence-corrected chi connectivity index (χ0v) is 11.6. The van der Waals surface area contributed by atoms with Gasteiger partial charge in [0.1, 0.15) is 11.4 Å². The Kier molecular flexibility index (Phi) is 3.55. The predicted octanol–water partition coefficient (Wildman–Crippen LogP) is 3.38. The van der Waals surface area contributed by atoms with Crippen molar-refractivity contribution in [2.75, 3.05) is 12.3 Å². The first kappa shape index (κ1) is 13.2. The summed E-state index contributed by atoms with van der Waals surface area (Å²) in [5, 5.41) is 4.03. The lowest BCUT2D eigenvalue weighted by Gasteiger charge is -2.05. The molecule has 3 rings (SSSR count). The topological polar surface area (TPSA) is 74.2 Å². The van der Waals surface area contributed by atoms with Crippen LogP contribution in [0.5, 0.6) is 5.75 Å². The Morgan fingerprint density at radius 2 is 1.95 bits per heavy atom. The van der Waals surface area contributed by atoms with Gasteiger partial charge in [-0.15, -0.1) is 0 Å². The van der Waals surface area contributed by atoms with Crippen LogP contribution in [0.2, 0.25) is 0 Å². The Morgan fingerprint density at radius 1 is 1.14 bits per heavy atom. The normalized spacial score (nSPS) is 10.5. The Labute approximate surface area is 122 Å². The number of rotatable bonds is 4. The van der Waals surface area contributed by atoms with Gasteiger partial charge in [-0.1, -0.05) is 23.4 Å². The standard InChI is InChI=1S/C16H15N3O2/c1-2-20-12-8-6-11(7-9-12)14-15(19-21-16(14)17)13-5-3-4-10-18-13/h3-10H,2,17H2,1H3. The summed E-state index contributed by atoms with van der Waals surface area (Å²) in [6.45, 7) is 2.58. The first-order chi connectivity index (χ1) is 10.3. The van der Waals surface area contributed by atoms with Crippen LogP contribution in [-0.4, -0.2) is 16.7 Å². The van der Waals surface area contributed by atoms with Crippen molar-refractivity contribution < 1.29 is 9.26 Å². The highest BCUT2D eigenvalue weighted by molar-refractivity contribution is 5.85. The van der Waals surface area contributed by atoms with Gasteiger partial charge < -0.3 is 15.0 Å². The second-order valence-corrected chi connectivity index (χ2v) is 4.44. The highest BCUT2D eigenvalue weighted by Crippen LogP contribution is 2.35. The molecular weight excluding hydrogens is 266 g/mol. The first-order valence-electron chi connectivity index (χ1n) is 6.69. The second-order valence-electron chi connectivity index (χ2n) is 4.44. The van der Waals surface area contributed by atoms with E-state index < -0.39 is 0 Å². The fraction of sp³-hybridized carbons (Fsp3) is 0.125. The van der Waals surface area contributed by atoms with Crippen LogP contribution < -0.4 is 10.5 Å². The number of aromatic nitrogens is 2. The molecule has 0 aliphatic rings. The molecule has 5 heteroatoms. The number of hydrogen-bond donors (Lipinski definition) is 1. The molecule has 0 aliphatic heterocycles. The summed E-state index contributed by atoms with van der Waals surface area (Å²) < 4.78 is 10.6. The maximum absolute atomic E-state index is 5.92. The molecule has 0 amide bonds. The molecule has 1 aromatic carbocycles. The van der Waals surface area contributed by atoms with E-state index >= 15 is 0 Å². The number of hydrogen-bond acceptors (Lipinski definition) is 5. The molecule has 0 aliphatic carbocycles. The zero-order chi connectivity index (χ0) is 14.7. The molecule has 2 N–H and O–H groups in total. The Bertz CT molecular complexity index is 721. The van der Waals surface area contributed by atoms with E-state index in [1.807, 2.05) is 49.4 Å². The molecule has 0 bridgehead atoms. The van der Waals surface area contributed by atoms with Gasteiger partial charge in [0.15, 0.2) is 0 Å². The highest BCUT2D eigenvalue weighted by atomic mass is 16.5. The summed E-state index contributed by atoms with van der Waals surface area (Å²) >= 11 is 0. The van der Waals surface area contributed by atoms with E-state index in [9.17, 15) is 0 Å². The second kappa shape index (κ2) is 5.66. The third kappa shape index (κ3) is 2.58. The van der Waals surface area contributed by atoms with Gasteiger partial charge in [-0.05, 0) is 36.8 Å². The number of nitrogen functional groups attached to an aromatic ring is 1. The van der Waals surface area contributed by atoms with Gasteiger partial charge in [-0.3, -0.25) is 4.98 Å². The molecule has 0 unspecified atom stereocenters. The molecular formula is C16H15N3O2. The maximum Gasteiger partial charge on any atom is 0.230 e. The van der Waals surface area contributed by atoms with E-state index in [1.165, 1.54) is 0 Å². The fourth-order valence-electron chi connectivity index (χ4n) is 2.14. The average Bonchev–Trinajstić information content (AvgIpc) is 2.91. The van der Waals surface area contributed by atoms with Crippen molar-refractivity contribution in [3.8, 4) is 28.3 Å². The minimum absolute atomic E-state index is 0.278. The lowest BCUT2D eigenvalue weighted by molar-refractivity contribution is 0.340. The Hall–Kier alpha value is -2.82. The van der Waals surface area contributed by atoms with Crippen molar-refractivity contribution in [3.05, 3.63) is 48.7 Å². The molecule has 0 saturated heterocycles. The fourth-order valence-corrected chi connectivity index (χ4v) is 2.14. The van der Waals surface area contributed by atoms with E-state index in [4.69, 9.17) is 15.0 Å². The van der Waals surface area contributed by atoms with E-state index in [0.29, 0.717) is 12.3 Å². The van der Waals surface area contributed by atoms with Crippen LogP contribution in [0.3, 0.4) is 0 Å². The molecule has 3 aromatic rings. The maximum atomic E-state index is 5.92. The first-order valence-corrected chi connectivity index (χ1v) is 6.69. The van der Waals surface area contributed by atoms with Gasteiger partial charge in [-0.25, -0.2) is 0 Å². The summed E-state index contributed by atoms with van der Waals surface area (Å²) in [6.07, 6.45) is 1.71. The predicted molar refractivity (Wildman–Crippen MR) is 80.8 cm³/mol. The van der Waals surface area contributed by atoms with Crippen LogP contribution in [0.1, 0.15) is 6.92 Å². The minimum atomic E-state index is 0.278. The van der Waals surface area contributed by atoms with Crippen molar-refractivity contribution >= 4 is 5.88 Å². The summed E-state index contributed by atoms with van der Waals surface area (Å²) in [7, 11) is 0. The number of benzene rings is 1. The largest absolute Gasteiger partial charge is 0.494 e. The molecule has 21 heavy (non-hydrogen) atoms. The van der Waals surface area contributed by atoms with E-state index in [1.54, 1.807) is 6.20 Å². The van der Waals surface area contributed by atoms with Crippen molar-refractivity contribution in [2.45, 2.75) is 6.92 Å². The summed E-state index contributed by atoms with van der Waals surface area (Å²) in [4.78, 5) is 4.29. The zero-order valence-electron chi connectivity index (χ0n) is 11.6. The van der Waals surface area contributed by atoms with Crippen LogP contribution in [-0.2, 0) is 0 Å². The molecule has 0 fully saturated rings. The number of nitrogens with two attached hydrogens (primary N) is 1. The molecule has 0 atom stereocenters. The Balaban J connectivity index is 2.04. The third-order valence-corrected chi connectivity index (χ3v) is 3.08. The number of ether oxygens (including phenoxy) is 1. The smallest absolute Gasteiger partial charge is 0.230 e.